The summed E-state index contributed by atoms with van der Waals surface area (Å²) in [5.74, 6) is -0.596. The van der Waals surface area contributed by atoms with E-state index in [1.807, 2.05) is 6.92 Å². The van der Waals surface area contributed by atoms with Crippen LogP contribution >= 0.6 is 0 Å². The van der Waals surface area contributed by atoms with E-state index in [9.17, 15) is 18.0 Å². The van der Waals surface area contributed by atoms with Crippen molar-refractivity contribution in [1.82, 2.24) is 9.78 Å². The molecule has 1 aliphatic rings. The van der Waals surface area contributed by atoms with Gasteiger partial charge in [-0.3, -0.25) is 4.68 Å². The van der Waals surface area contributed by atoms with Crippen molar-refractivity contribution in [2.75, 3.05) is 12.4 Å². The molecule has 8 heteroatoms. The monoisotopic (exact) mass is 393 g/mol. The number of aromatic nitrogens is 2. The Labute approximate surface area is 161 Å². The highest BCUT2D eigenvalue weighted by molar-refractivity contribution is 5.94. The molecule has 0 aliphatic carbocycles. The smallest absolute Gasteiger partial charge is 0.416 e. The van der Waals surface area contributed by atoms with Crippen LogP contribution in [-0.2, 0) is 29.2 Å². The molecule has 2 aromatic rings. The molecule has 1 atom stereocenters. The Balaban J connectivity index is 2.28. The van der Waals surface area contributed by atoms with Crippen molar-refractivity contribution in [2.45, 2.75) is 38.8 Å². The van der Waals surface area contributed by atoms with Crippen LogP contribution in [0, 0.1) is 0 Å². The number of carbonyl (C=O) groups excluding carboxylic acids is 1. The number of aryl methyl sites for hydroxylation is 2. The summed E-state index contributed by atoms with van der Waals surface area (Å²) in [4.78, 5) is 12.6. The van der Waals surface area contributed by atoms with Gasteiger partial charge in [-0.15, -0.1) is 0 Å². The van der Waals surface area contributed by atoms with E-state index in [2.05, 4.69) is 10.4 Å². The Morgan fingerprint density at radius 2 is 2.07 bits per heavy atom. The molecule has 0 saturated heterocycles. The van der Waals surface area contributed by atoms with Crippen molar-refractivity contribution in [1.29, 1.82) is 0 Å². The molecular weight excluding hydrogens is 371 g/mol. The van der Waals surface area contributed by atoms with E-state index in [1.54, 1.807) is 24.7 Å². The average molecular weight is 393 g/mol. The molecule has 1 aromatic carbocycles. The SMILES string of the molecule is CCCc1nn(C)c2c1C(c1cccc(C(F)(F)F)c1)C(C(=O)OC)=C(C)N2. The maximum atomic E-state index is 13.3. The number of allylic oxidation sites excluding steroid dienone is 1. The van der Waals surface area contributed by atoms with Gasteiger partial charge in [0.05, 0.1) is 23.9 Å². The van der Waals surface area contributed by atoms with Crippen molar-refractivity contribution in [3.8, 4) is 0 Å². The zero-order chi connectivity index (χ0) is 20.6. The number of esters is 1. The molecule has 0 fully saturated rings. The lowest BCUT2D eigenvalue weighted by molar-refractivity contribution is -0.137. The maximum Gasteiger partial charge on any atom is 0.416 e. The van der Waals surface area contributed by atoms with Crippen LogP contribution < -0.4 is 5.32 Å². The summed E-state index contributed by atoms with van der Waals surface area (Å²) in [6.45, 7) is 3.71. The fourth-order valence-electron chi connectivity index (χ4n) is 3.68. The topological polar surface area (TPSA) is 56.2 Å². The second kappa shape index (κ2) is 7.33. The number of nitrogens with zero attached hydrogens (tertiary/aromatic N) is 2. The van der Waals surface area contributed by atoms with Gasteiger partial charge in [-0.25, -0.2) is 4.79 Å². The first-order valence-corrected chi connectivity index (χ1v) is 8.98. The van der Waals surface area contributed by atoms with Gasteiger partial charge >= 0.3 is 12.1 Å². The number of hydrogen-bond donors (Lipinski definition) is 1. The lowest BCUT2D eigenvalue weighted by Crippen LogP contribution is -2.25. The number of carbonyl (C=O) groups is 1. The van der Waals surface area contributed by atoms with Crippen molar-refractivity contribution < 1.29 is 22.7 Å². The molecule has 0 saturated carbocycles. The van der Waals surface area contributed by atoms with E-state index in [1.165, 1.54) is 13.2 Å². The number of hydrogen-bond acceptors (Lipinski definition) is 4. The number of ether oxygens (including phenoxy) is 1. The molecule has 150 valence electrons. The van der Waals surface area contributed by atoms with Crippen LogP contribution in [-0.4, -0.2) is 22.9 Å². The van der Waals surface area contributed by atoms with Crippen LogP contribution in [0.1, 0.15) is 48.6 Å². The molecule has 28 heavy (non-hydrogen) atoms. The van der Waals surface area contributed by atoms with Crippen LogP contribution in [0.3, 0.4) is 0 Å². The Kier molecular flexibility index (Phi) is 5.23. The fraction of sp³-hybridized carbons (Fsp3) is 0.400. The summed E-state index contributed by atoms with van der Waals surface area (Å²) >= 11 is 0. The Morgan fingerprint density at radius 1 is 1.36 bits per heavy atom. The highest BCUT2D eigenvalue weighted by atomic mass is 19.4. The summed E-state index contributed by atoms with van der Waals surface area (Å²) in [6.07, 6.45) is -3.01. The molecule has 0 bridgehead atoms. The third-order valence-electron chi connectivity index (χ3n) is 4.89. The van der Waals surface area contributed by atoms with E-state index < -0.39 is 23.6 Å². The number of rotatable bonds is 4. The van der Waals surface area contributed by atoms with Gasteiger partial charge in [-0.2, -0.15) is 18.3 Å². The van der Waals surface area contributed by atoms with Crippen LogP contribution in [0.25, 0.3) is 0 Å². The van der Waals surface area contributed by atoms with Gasteiger partial charge in [-0.05, 0) is 25.0 Å². The predicted molar refractivity (Wildman–Crippen MR) is 98.8 cm³/mol. The van der Waals surface area contributed by atoms with Crippen molar-refractivity contribution in [2.24, 2.45) is 7.05 Å². The standard InChI is InChI=1S/C20H22F3N3O2/c1-5-7-14-17-16(12-8-6-9-13(10-12)20(21,22)23)15(19(27)28-4)11(2)24-18(17)26(3)25-14/h6,8-10,16,24H,5,7H2,1-4H3. The van der Waals surface area contributed by atoms with Crippen molar-refractivity contribution in [3.63, 3.8) is 0 Å². The van der Waals surface area contributed by atoms with Crippen LogP contribution in [0.2, 0.25) is 0 Å². The number of alkyl halides is 3. The highest BCUT2D eigenvalue weighted by Gasteiger charge is 2.38. The Bertz CT molecular complexity index is 945. The zero-order valence-corrected chi connectivity index (χ0v) is 16.1. The molecule has 1 aromatic heterocycles. The summed E-state index contributed by atoms with van der Waals surface area (Å²) in [5, 5.41) is 7.71. The number of fused-ring (bicyclic) bond motifs is 1. The molecule has 1 N–H and O–H groups in total. The average Bonchev–Trinajstić information content (AvgIpc) is 2.95. The highest BCUT2D eigenvalue weighted by Crippen LogP contribution is 2.45. The third kappa shape index (κ3) is 3.39. The molecule has 3 rings (SSSR count). The van der Waals surface area contributed by atoms with E-state index in [4.69, 9.17) is 4.74 Å². The quantitative estimate of drug-likeness (QED) is 0.783. The van der Waals surface area contributed by atoms with Gasteiger partial charge in [0.25, 0.3) is 0 Å². The zero-order valence-electron chi connectivity index (χ0n) is 16.1. The molecule has 1 aliphatic heterocycles. The predicted octanol–water partition coefficient (Wildman–Crippen LogP) is 4.40. The lowest BCUT2D eigenvalue weighted by atomic mass is 9.80. The summed E-state index contributed by atoms with van der Waals surface area (Å²) in [6, 6.07) is 5.09. The molecule has 2 heterocycles. The maximum absolute atomic E-state index is 13.3. The first-order chi connectivity index (χ1) is 13.2. The Morgan fingerprint density at radius 3 is 2.68 bits per heavy atom. The minimum absolute atomic E-state index is 0.291. The molecule has 0 amide bonds. The van der Waals surface area contributed by atoms with Gasteiger partial charge in [0, 0.05) is 24.2 Å². The van der Waals surface area contributed by atoms with Crippen molar-refractivity contribution in [3.05, 3.63) is 57.9 Å². The largest absolute Gasteiger partial charge is 0.466 e. The lowest BCUT2D eigenvalue weighted by Gasteiger charge is -2.29. The fourth-order valence-corrected chi connectivity index (χ4v) is 3.68. The minimum Gasteiger partial charge on any atom is -0.466 e. The molecule has 0 radical (unpaired) electrons. The summed E-state index contributed by atoms with van der Waals surface area (Å²) < 4.78 is 46.5. The molecule has 1 unspecified atom stereocenters. The normalized spacial score (nSPS) is 16.6. The summed E-state index contributed by atoms with van der Waals surface area (Å²) in [5.41, 5.74) is 1.92. The van der Waals surface area contributed by atoms with Gasteiger partial charge in [-0.1, -0.05) is 31.5 Å². The van der Waals surface area contributed by atoms with Crippen LogP contribution in [0.5, 0.6) is 0 Å². The number of anilines is 1. The van der Waals surface area contributed by atoms with Gasteiger partial charge < -0.3 is 10.1 Å². The second-order valence-corrected chi connectivity index (χ2v) is 6.79. The second-order valence-electron chi connectivity index (χ2n) is 6.79. The first-order valence-electron chi connectivity index (χ1n) is 8.98. The van der Waals surface area contributed by atoms with Crippen LogP contribution in [0.15, 0.2) is 35.5 Å². The number of nitrogens with one attached hydrogen (secondary N) is 1. The Hall–Kier alpha value is -2.77. The van der Waals surface area contributed by atoms with Gasteiger partial charge in [0.15, 0.2) is 0 Å². The minimum atomic E-state index is -4.48. The van der Waals surface area contributed by atoms with E-state index in [0.29, 0.717) is 29.1 Å². The third-order valence-corrected chi connectivity index (χ3v) is 4.89. The number of methoxy groups -OCH3 is 1. The molecule has 5 nitrogen and oxygen atoms in total. The molecular formula is C20H22F3N3O2. The van der Waals surface area contributed by atoms with E-state index >= 15 is 0 Å². The first kappa shape index (κ1) is 20.0. The van der Waals surface area contributed by atoms with E-state index in [-0.39, 0.29) is 0 Å². The summed E-state index contributed by atoms with van der Waals surface area (Å²) in [7, 11) is 3.03. The molecule has 0 spiro atoms. The number of halogens is 3. The van der Waals surface area contributed by atoms with Gasteiger partial charge in [0.1, 0.15) is 5.82 Å². The van der Waals surface area contributed by atoms with E-state index in [0.717, 1.165) is 29.8 Å². The number of benzene rings is 1. The van der Waals surface area contributed by atoms with Crippen LogP contribution in [0.4, 0.5) is 19.0 Å². The van der Waals surface area contributed by atoms with Crippen molar-refractivity contribution >= 4 is 11.8 Å². The van der Waals surface area contributed by atoms with Gasteiger partial charge in [0.2, 0.25) is 0 Å².